The van der Waals surface area contributed by atoms with Crippen molar-refractivity contribution in [2.24, 2.45) is 0 Å². The molecule has 0 radical (unpaired) electrons. The molecule has 2 heterocycles. The van der Waals surface area contributed by atoms with Crippen LogP contribution in [0.1, 0.15) is 36.2 Å². The second kappa shape index (κ2) is 7.58. The van der Waals surface area contributed by atoms with E-state index in [4.69, 9.17) is 0 Å². The lowest BCUT2D eigenvalue weighted by Gasteiger charge is -2.22. The van der Waals surface area contributed by atoms with Gasteiger partial charge in [-0.1, -0.05) is 11.8 Å². The van der Waals surface area contributed by atoms with Gasteiger partial charge in [0.25, 0.3) is 0 Å². The molecule has 1 saturated heterocycles. The lowest BCUT2D eigenvalue weighted by atomic mass is 10.0. The highest BCUT2D eigenvalue weighted by Crippen LogP contribution is 2.17. The SMILES string of the molecule is CSc1nc(C)c(CCC(=O)N[C@H]2CCCNC2=O)c(C)n1. The molecule has 1 aromatic rings. The first-order chi connectivity index (χ1) is 10.5. The van der Waals surface area contributed by atoms with Crippen LogP contribution >= 0.6 is 11.8 Å². The van der Waals surface area contributed by atoms with Gasteiger partial charge in [0.15, 0.2) is 5.16 Å². The molecular weight excluding hydrogens is 300 g/mol. The van der Waals surface area contributed by atoms with Crippen LogP contribution in [0.2, 0.25) is 0 Å². The molecule has 0 aliphatic carbocycles. The molecule has 0 aromatic carbocycles. The molecule has 6 nitrogen and oxygen atoms in total. The number of aromatic nitrogens is 2. The van der Waals surface area contributed by atoms with Gasteiger partial charge in [-0.15, -0.1) is 0 Å². The molecule has 120 valence electrons. The van der Waals surface area contributed by atoms with E-state index in [9.17, 15) is 9.59 Å². The molecule has 0 bridgehead atoms. The van der Waals surface area contributed by atoms with Crippen LogP contribution in [0.5, 0.6) is 0 Å². The fourth-order valence-electron chi connectivity index (χ4n) is 2.58. The highest BCUT2D eigenvalue weighted by molar-refractivity contribution is 7.98. The van der Waals surface area contributed by atoms with E-state index < -0.39 is 6.04 Å². The van der Waals surface area contributed by atoms with Crippen molar-refractivity contribution < 1.29 is 9.59 Å². The summed E-state index contributed by atoms with van der Waals surface area (Å²) in [6, 6.07) is -0.390. The second-order valence-corrected chi connectivity index (χ2v) is 6.19. The van der Waals surface area contributed by atoms with Crippen LogP contribution in [0.4, 0.5) is 0 Å². The first-order valence-electron chi connectivity index (χ1n) is 7.46. The van der Waals surface area contributed by atoms with E-state index in [2.05, 4.69) is 20.6 Å². The number of carbonyl (C=O) groups is 2. The average Bonchev–Trinajstić information content (AvgIpc) is 2.48. The maximum Gasteiger partial charge on any atom is 0.242 e. The van der Waals surface area contributed by atoms with Crippen molar-refractivity contribution in [3.05, 3.63) is 17.0 Å². The van der Waals surface area contributed by atoms with Crippen molar-refractivity contribution in [1.82, 2.24) is 20.6 Å². The number of nitrogens with zero attached hydrogens (tertiary/aromatic N) is 2. The predicted octanol–water partition coefficient (Wildman–Crippen LogP) is 1.14. The van der Waals surface area contributed by atoms with Crippen molar-refractivity contribution in [3.63, 3.8) is 0 Å². The second-order valence-electron chi connectivity index (χ2n) is 5.41. The summed E-state index contributed by atoms with van der Waals surface area (Å²) in [7, 11) is 0. The van der Waals surface area contributed by atoms with Crippen LogP contribution in [0, 0.1) is 13.8 Å². The monoisotopic (exact) mass is 322 g/mol. The highest BCUT2D eigenvalue weighted by atomic mass is 32.2. The van der Waals surface area contributed by atoms with Gasteiger partial charge in [0, 0.05) is 24.4 Å². The largest absolute Gasteiger partial charge is 0.354 e. The first-order valence-corrected chi connectivity index (χ1v) is 8.69. The molecule has 1 atom stereocenters. The molecule has 1 aliphatic heterocycles. The lowest BCUT2D eigenvalue weighted by Crippen LogP contribution is -2.50. The quantitative estimate of drug-likeness (QED) is 0.627. The Morgan fingerprint density at radius 3 is 2.64 bits per heavy atom. The Kier molecular flexibility index (Phi) is 5.76. The average molecular weight is 322 g/mol. The standard InChI is InChI=1S/C15H22N4O2S/c1-9-11(10(2)18-15(17-9)22-3)6-7-13(20)19-12-5-4-8-16-14(12)21/h12H,4-8H2,1-3H3,(H,16,21)(H,19,20)/t12-/m0/s1. The first kappa shape index (κ1) is 16.7. The molecule has 2 rings (SSSR count). The van der Waals surface area contributed by atoms with Gasteiger partial charge in [-0.3, -0.25) is 9.59 Å². The molecule has 2 amide bonds. The number of carbonyl (C=O) groups excluding carboxylic acids is 2. The number of nitrogens with one attached hydrogen (secondary N) is 2. The smallest absolute Gasteiger partial charge is 0.242 e. The third-order valence-electron chi connectivity index (χ3n) is 3.81. The maximum atomic E-state index is 12.0. The summed E-state index contributed by atoms with van der Waals surface area (Å²) in [5.41, 5.74) is 2.85. The van der Waals surface area contributed by atoms with Gasteiger partial charge in [0.05, 0.1) is 0 Å². The third-order valence-corrected chi connectivity index (χ3v) is 4.35. The molecule has 0 unspecified atom stereocenters. The molecule has 22 heavy (non-hydrogen) atoms. The van der Waals surface area contributed by atoms with E-state index in [1.165, 1.54) is 11.8 Å². The molecular formula is C15H22N4O2S. The summed E-state index contributed by atoms with van der Waals surface area (Å²) in [5, 5.41) is 6.32. The zero-order chi connectivity index (χ0) is 16.1. The summed E-state index contributed by atoms with van der Waals surface area (Å²) < 4.78 is 0. The molecule has 2 N–H and O–H groups in total. The molecule has 1 fully saturated rings. The number of hydrogen-bond acceptors (Lipinski definition) is 5. The van der Waals surface area contributed by atoms with Gasteiger partial charge in [-0.2, -0.15) is 0 Å². The predicted molar refractivity (Wildman–Crippen MR) is 85.8 cm³/mol. The Morgan fingerprint density at radius 1 is 1.36 bits per heavy atom. The zero-order valence-corrected chi connectivity index (χ0v) is 14.0. The Bertz CT molecular complexity index is 554. The van der Waals surface area contributed by atoms with Crippen LogP contribution in [-0.2, 0) is 16.0 Å². The Morgan fingerprint density at radius 2 is 2.05 bits per heavy atom. The number of hydrogen-bond donors (Lipinski definition) is 2. The summed E-state index contributed by atoms with van der Waals surface area (Å²) >= 11 is 1.51. The number of aryl methyl sites for hydroxylation is 2. The maximum absolute atomic E-state index is 12.0. The number of thioether (sulfide) groups is 1. The van der Waals surface area contributed by atoms with Gasteiger partial charge in [-0.05, 0) is 44.9 Å². The topological polar surface area (TPSA) is 84.0 Å². The van der Waals surface area contributed by atoms with E-state index in [-0.39, 0.29) is 11.8 Å². The summed E-state index contributed by atoms with van der Waals surface area (Å²) in [5.74, 6) is -0.186. The van der Waals surface area contributed by atoms with Gasteiger partial charge >= 0.3 is 0 Å². The molecule has 0 spiro atoms. The van der Waals surface area contributed by atoms with Crippen LogP contribution in [0.25, 0.3) is 0 Å². The summed E-state index contributed by atoms with van der Waals surface area (Å²) in [4.78, 5) is 32.5. The van der Waals surface area contributed by atoms with E-state index in [0.717, 1.165) is 28.5 Å². The number of rotatable bonds is 5. The van der Waals surface area contributed by atoms with Crippen molar-refractivity contribution in [1.29, 1.82) is 0 Å². The van der Waals surface area contributed by atoms with Gasteiger partial charge < -0.3 is 10.6 Å². The minimum atomic E-state index is -0.390. The van der Waals surface area contributed by atoms with Crippen LogP contribution in [0.15, 0.2) is 5.16 Å². The highest BCUT2D eigenvalue weighted by Gasteiger charge is 2.23. The Balaban J connectivity index is 1.92. The van der Waals surface area contributed by atoms with Gasteiger partial charge in [0.2, 0.25) is 11.8 Å². The van der Waals surface area contributed by atoms with E-state index >= 15 is 0 Å². The van der Waals surface area contributed by atoms with Crippen molar-refractivity contribution in [3.8, 4) is 0 Å². The van der Waals surface area contributed by atoms with Crippen molar-refractivity contribution >= 4 is 23.6 Å². The molecule has 0 saturated carbocycles. The Hall–Kier alpha value is -1.63. The minimum absolute atomic E-state index is 0.0837. The number of piperidine rings is 1. The minimum Gasteiger partial charge on any atom is -0.354 e. The summed E-state index contributed by atoms with van der Waals surface area (Å²) in [6.45, 7) is 4.58. The lowest BCUT2D eigenvalue weighted by molar-refractivity contribution is -0.130. The molecule has 1 aliphatic rings. The van der Waals surface area contributed by atoms with Gasteiger partial charge in [0.1, 0.15) is 6.04 Å². The van der Waals surface area contributed by atoms with E-state index in [0.29, 0.717) is 25.8 Å². The fraction of sp³-hybridized carbons (Fsp3) is 0.600. The number of amides is 2. The van der Waals surface area contributed by atoms with Crippen LogP contribution in [-0.4, -0.2) is 40.6 Å². The van der Waals surface area contributed by atoms with Crippen LogP contribution in [0.3, 0.4) is 0 Å². The summed E-state index contributed by atoms with van der Waals surface area (Å²) in [6.07, 6.45) is 4.48. The third kappa shape index (κ3) is 4.19. The fourth-order valence-corrected chi connectivity index (χ4v) is 3.03. The zero-order valence-electron chi connectivity index (χ0n) is 13.2. The van der Waals surface area contributed by atoms with E-state index in [1.54, 1.807) is 0 Å². The van der Waals surface area contributed by atoms with Crippen LogP contribution < -0.4 is 10.6 Å². The van der Waals surface area contributed by atoms with E-state index in [1.807, 2.05) is 20.1 Å². The van der Waals surface area contributed by atoms with Crippen molar-refractivity contribution in [2.75, 3.05) is 12.8 Å². The molecule has 7 heteroatoms. The van der Waals surface area contributed by atoms with Gasteiger partial charge in [-0.25, -0.2) is 9.97 Å². The normalized spacial score (nSPS) is 18.0. The van der Waals surface area contributed by atoms with Crippen molar-refractivity contribution in [2.45, 2.75) is 50.7 Å². The Labute approximate surface area is 134 Å². The molecule has 1 aromatic heterocycles.